The predicted molar refractivity (Wildman–Crippen MR) is 69.2 cm³/mol. The number of benzene rings is 1. The minimum Gasteiger partial charge on any atom is -0.480 e. The minimum atomic E-state index is -3.90. The Kier molecular flexibility index (Phi) is 3.87. The summed E-state index contributed by atoms with van der Waals surface area (Å²) in [5, 5.41) is 8.85. The van der Waals surface area contributed by atoms with E-state index in [1.165, 1.54) is 18.2 Å². The van der Waals surface area contributed by atoms with Crippen molar-refractivity contribution in [2.45, 2.75) is 24.8 Å². The van der Waals surface area contributed by atoms with Crippen LogP contribution in [-0.2, 0) is 14.8 Å². The zero-order valence-electron chi connectivity index (χ0n) is 11.1. The molecular weight excluding hydrogens is 286 g/mol. The molecule has 0 radical (unpaired) electrons. The highest BCUT2D eigenvalue weighted by Crippen LogP contribution is 2.34. The van der Waals surface area contributed by atoms with Crippen LogP contribution in [0.4, 0.5) is 0 Å². The van der Waals surface area contributed by atoms with E-state index in [1.807, 2.05) is 0 Å². The van der Waals surface area contributed by atoms with Gasteiger partial charge in [0.1, 0.15) is 6.54 Å². The van der Waals surface area contributed by atoms with E-state index in [0.29, 0.717) is 11.5 Å². The molecule has 0 aromatic heterocycles. The van der Waals surface area contributed by atoms with Crippen LogP contribution in [0, 0.1) is 0 Å². The quantitative estimate of drug-likeness (QED) is 0.868. The Morgan fingerprint density at radius 1 is 1.35 bits per heavy atom. The molecule has 0 fully saturated rings. The summed E-state index contributed by atoms with van der Waals surface area (Å²) in [5.41, 5.74) is 0. The summed E-state index contributed by atoms with van der Waals surface area (Å²) in [6, 6.07) is 3.74. The van der Waals surface area contributed by atoms with Gasteiger partial charge in [-0.2, -0.15) is 4.31 Å². The van der Waals surface area contributed by atoms with Crippen molar-refractivity contribution in [2.75, 3.05) is 13.3 Å². The molecule has 0 unspecified atom stereocenters. The molecular formula is C12H15NO6S. The Balaban J connectivity index is 2.40. The molecule has 1 aromatic carbocycles. The normalized spacial score (nSPS) is 14.0. The molecule has 8 heteroatoms. The van der Waals surface area contributed by atoms with E-state index >= 15 is 0 Å². The van der Waals surface area contributed by atoms with Crippen LogP contribution in [0.5, 0.6) is 11.5 Å². The third-order valence-corrected chi connectivity index (χ3v) is 4.84. The van der Waals surface area contributed by atoms with Gasteiger partial charge in [0.15, 0.2) is 11.5 Å². The lowest BCUT2D eigenvalue weighted by atomic mass is 10.3. The average molecular weight is 301 g/mol. The molecule has 0 amide bonds. The van der Waals surface area contributed by atoms with Gasteiger partial charge in [-0.25, -0.2) is 8.42 Å². The van der Waals surface area contributed by atoms with Gasteiger partial charge in [-0.15, -0.1) is 0 Å². The minimum absolute atomic E-state index is 0.0169. The van der Waals surface area contributed by atoms with E-state index in [0.717, 1.165) is 4.31 Å². The monoisotopic (exact) mass is 301 g/mol. The number of sulfonamides is 1. The van der Waals surface area contributed by atoms with E-state index in [9.17, 15) is 13.2 Å². The fourth-order valence-electron chi connectivity index (χ4n) is 1.85. The van der Waals surface area contributed by atoms with E-state index in [4.69, 9.17) is 14.6 Å². The summed E-state index contributed by atoms with van der Waals surface area (Å²) < 4.78 is 36.1. The Hall–Kier alpha value is -1.80. The summed E-state index contributed by atoms with van der Waals surface area (Å²) in [4.78, 5) is 10.8. The van der Waals surface area contributed by atoms with Crippen LogP contribution >= 0.6 is 0 Å². The highest BCUT2D eigenvalue weighted by Gasteiger charge is 2.30. The topological polar surface area (TPSA) is 93.1 Å². The largest absolute Gasteiger partial charge is 0.480 e. The van der Waals surface area contributed by atoms with Gasteiger partial charge in [-0.1, -0.05) is 0 Å². The zero-order chi connectivity index (χ0) is 14.9. The van der Waals surface area contributed by atoms with Crippen molar-refractivity contribution in [3.8, 4) is 11.5 Å². The lowest BCUT2D eigenvalue weighted by molar-refractivity contribution is -0.137. The molecule has 0 aliphatic carbocycles. The van der Waals surface area contributed by atoms with Crippen LogP contribution in [0.15, 0.2) is 23.1 Å². The maximum absolute atomic E-state index is 12.5. The highest BCUT2D eigenvalue weighted by atomic mass is 32.2. The number of rotatable bonds is 5. The van der Waals surface area contributed by atoms with E-state index in [-0.39, 0.29) is 11.7 Å². The fourth-order valence-corrected chi connectivity index (χ4v) is 3.45. The van der Waals surface area contributed by atoms with Gasteiger partial charge in [-0.05, 0) is 26.0 Å². The number of carboxylic acid groups (broad SMARTS) is 1. The molecule has 0 spiro atoms. The zero-order valence-corrected chi connectivity index (χ0v) is 11.9. The Labute approximate surface area is 116 Å². The van der Waals surface area contributed by atoms with Gasteiger partial charge in [0.2, 0.25) is 16.8 Å². The molecule has 0 atom stereocenters. The van der Waals surface area contributed by atoms with Crippen LogP contribution in [0.25, 0.3) is 0 Å². The summed E-state index contributed by atoms with van der Waals surface area (Å²) in [6.07, 6.45) is 0. The molecule has 0 bridgehead atoms. The molecule has 20 heavy (non-hydrogen) atoms. The van der Waals surface area contributed by atoms with E-state index in [1.54, 1.807) is 13.8 Å². The van der Waals surface area contributed by atoms with Gasteiger partial charge >= 0.3 is 5.97 Å². The standard InChI is InChI=1S/C12H15NO6S/c1-8(2)13(6-12(14)15)20(16,17)9-3-4-10-11(5-9)19-7-18-10/h3-5,8H,6-7H2,1-2H3,(H,14,15). The number of ether oxygens (including phenoxy) is 2. The van der Waals surface area contributed by atoms with Crippen molar-refractivity contribution in [2.24, 2.45) is 0 Å². The lowest BCUT2D eigenvalue weighted by Crippen LogP contribution is -2.40. The predicted octanol–water partition coefficient (Wildman–Crippen LogP) is 0.899. The van der Waals surface area contributed by atoms with E-state index in [2.05, 4.69) is 0 Å². The number of carbonyl (C=O) groups is 1. The maximum atomic E-state index is 12.5. The van der Waals surface area contributed by atoms with Gasteiger partial charge < -0.3 is 14.6 Å². The van der Waals surface area contributed by atoms with Gasteiger partial charge in [0.25, 0.3) is 0 Å². The van der Waals surface area contributed by atoms with Crippen LogP contribution in [-0.4, -0.2) is 43.2 Å². The Bertz CT molecular complexity index is 625. The first-order chi connectivity index (χ1) is 9.32. The van der Waals surface area contributed by atoms with Crippen molar-refractivity contribution in [3.05, 3.63) is 18.2 Å². The molecule has 1 aliphatic heterocycles. The molecule has 1 N–H and O–H groups in total. The first-order valence-electron chi connectivity index (χ1n) is 5.95. The first kappa shape index (κ1) is 14.6. The van der Waals surface area contributed by atoms with Gasteiger partial charge in [0, 0.05) is 12.1 Å². The van der Waals surface area contributed by atoms with Crippen molar-refractivity contribution in [1.29, 1.82) is 0 Å². The second-order valence-corrected chi connectivity index (χ2v) is 6.44. The van der Waals surface area contributed by atoms with Crippen molar-refractivity contribution in [3.63, 3.8) is 0 Å². The molecule has 0 saturated heterocycles. The average Bonchev–Trinajstić information content (AvgIpc) is 2.82. The number of nitrogens with zero attached hydrogens (tertiary/aromatic N) is 1. The smallest absolute Gasteiger partial charge is 0.318 e. The second kappa shape index (κ2) is 5.29. The number of hydrogen-bond acceptors (Lipinski definition) is 5. The summed E-state index contributed by atoms with van der Waals surface area (Å²) in [6.45, 7) is 2.69. The van der Waals surface area contributed by atoms with Gasteiger partial charge in [-0.3, -0.25) is 4.79 Å². The first-order valence-corrected chi connectivity index (χ1v) is 7.39. The molecule has 110 valence electrons. The van der Waals surface area contributed by atoms with Crippen LogP contribution in [0.3, 0.4) is 0 Å². The van der Waals surface area contributed by atoms with Crippen LogP contribution in [0.2, 0.25) is 0 Å². The van der Waals surface area contributed by atoms with Crippen molar-refractivity contribution >= 4 is 16.0 Å². The summed E-state index contributed by atoms with van der Waals surface area (Å²) in [5.74, 6) is -0.397. The molecule has 1 heterocycles. The van der Waals surface area contributed by atoms with Crippen LogP contribution in [0.1, 0.15) is 13.8 Å². The number of fused-ring (bicyclic) bond motifs is 1. The third kappa shape index (κ3) is 2.70. The number of aliphatic carboxylic acids is 1. The molecule has 7 nitrogen and oxygen atoms in total. The molecule has 1 aromatic rings. The van der Waals surface area contributed by atoms with Gasteiger partial charge in [0.05, 0.1) is 4.90 Å². The third-order valence-electron chi connectivity index (χ3n) is 2.82. The summed E-state index contributed by atoms with van der Waals surface area (Å²) in [7, 11) is -3.90. The Morgan fingerprint density at radius 2 is 2.00 bits per heavy atom. The number of carboxylic acids is 1. The van der Waals surface area contributed by atoms with Crippen molar-refractivity contribution in [1.82, 2.24) is 4.31 Å². The lowest BCUT2D eigenvalue weighted by Gasteiger charge is -2.24. The SMILES string of the molecule is CC(C)N(CC(=O)O)S(=O)(=O)c1ccc2c(c1)OCO2. The van der Waals surface area contributed by atoms with Crippen molar-refractivity contribution < 1.29 is 27.8 Å². The fraction of sp³-hybridized carbons (Fsp3) is 0.417. The molecule has 1 aliphatic rings. The summed E-state index contributed by atoms with van der Waals surface area (Å²) >= 11 is 0. The Morgan fingerprint density at radius 3 is 2.60 bits per heavy atom. The highest BCUT2D eigenvalue weighted by molar-refractivity contribution is 7.89. The second-order valence-electron chi connectivity index (χ2n) is 4.55. The van der Waals surface area contributed by atoms with E-state index < -0.39 is 28.6 Å². The molecule has 2 rings (SSSR count). The number of hydrogen-bond donors (Lipinski definition) is 1. The molecule has 0 saturated carbocycles. The van der Waals surface area contributed by atoms with Crippen LogP contribution < -0.4 is 9.47 Å². The maximum Gasteiger partial charge on any atom is 0.318 e.